The van der Waals surface area contributed by atoms with Crippen LogP contribution in [0.5, 0.6) is 0 Å². The molecule has 2 aromatic carbocycles. The van der Waals surface area contributed by atoms with Crippen molar-refractivity contribution >= 4 is 41.1 Å². The smallest absolute Gasteiger partial charge is 0.405 e. The van der Waals surface area contributed by atoms with Crippen LogP contribution in [0.15, 0.2) is 87.5 Å². The summed E-state index contributed by atoms with van der Waals surface area (Å²) in [6.07, 6.45) is 1.20. The first kappa shape index (κ1) is 42.6. The SMILES string of the molecule is CC(C)(C)[Si](C)(C)OC1(O[P+](=O)O[N+]23CCCCCC2=NCCC3)C(O)[C@@H](n2ccc(=O)[nH]c2=O)O[C@H]1CO[Si](c1ccccc1)(c1ccccc1)C(C)(C)C. The van der Waals surface area contributed by atoms with Crippen molar-refractivity contribution in [2.45, 2.75) is 121 Å². The number of aliphatic hydroxyl groups is 1. The Morgan fingerprint density at radius 2 is 1.55 bits per heavy atom. The molecule has 0 amide bonds. The number of rotatable bonds is 12. The Labute approximate surface area is 332 Å². The Morgan fingerprint density at radius 3 is 2.14 bits per heavy atom. The van der Waals surface area contributed by atoms with Gasteiger partial charge in [0, 0.05) is 36.1 Å². The summed E-state index contributed by atoms with van der Waals surface area (Å²) in [7, 11) is -9.18. The predicted octanol–water partition coefficient (Wildman–Crippen LogP) is 5.89. The van der Waals surface area contributed by atoms with Crippen LogP contribution in [0.1, 0.15) is 79.9 Å². The third kappa shape index (κ3) is 8.18. The molecule has 6 rings (SSSR count). The van der Waals surface area contributed by atoms with E-state index < -0.39 is 70.4 Å². The van der Waals surface area contributed by atoms with Gasteiger partial charge in [-0.25, -0.2) is 9.79 Å². The molecule has 4 unspecified atom stereocenters. The predicted molar refractivity (Wildman–Crippen MR) is 221 cm³/mol. The van der Waals surface area contributed by atoms with Crippen LogP contribution in [0.25, 0.3) is 0 Å². The molecule has 4 heterocycles. The molecule has 3 aromatic rings. The number of ether oxygens (including phenoxy) is 1. The van der Waals surface area contributed by atoms with Crippen molar-refractivity contribution in [3.63, 3.8) is 0 Å². The zero-order valence-electron chi connectivity index (χ0n) is 34.0. The molecule has 2 N–H and O–H groups in total. The van der Waals surface area contributed by atoms with Crippen molar-refractivity contribution in [2.24, 2.45) is 4.99 Å². The van der Waals surface area contributed by atoms with Crippen molar-refractivity contribution in [1.82, 2.24) is 9.55 Å². The summed E-state index contributed by atoms with van der Waals surface area (Å²) in [4.78, 5) is 32.6. The zero-order chi connectivity index (χ0) is 40.6. The number of nitrogens with zero attached hydrogens (tertiary/aromatic N) is 3. The largest absolute Gasteiger partial charge is 0.754 e. The number of nitrogens with one attached hydrogen (secondary N) is 1. The number of aromatic amines is 1. The first-order valence-electron chi connectivity index (χ1n) is 19.7. The Kier molecular flexibility index (Phi) is 12.5. The van der Waals surface area contributed by atoms with Crippen molar-refractivity contribution < 1.29 is 37.1 Å². The Morgan fingerprint density at radius 1 is 0.929 bits per heavy atom. The van der Waals surface area contributed by atoms with E-state index in [-0.39, 0.29) is 11.3 Å². The van der Waals surface area contributed by atoms with Crippen LogP contribution < -0.4 is 21.6 Å². The number of aliphatic hydroxyl groups excluding tert-OH is 1. The van der Waals surface area contributed by atoms with E-state index in [9.17, 15) is 19.3 Å². The molecule has 2 saturated heterocycles. The number of fused-ring (bicyclic) bond motifs is 1. The molecule has 16 heteroatoms. The van der Waals surface area contributed by atoms with Crippen LogP contribution in [0.2, 0.25) is 23.2 Å². The lowest BCUT2D eigenvalue weighted by Gasteiger charge is -2.46. The Balaban J connectivity index is 1.50. The van der Waals surface area contributed by atoms with E-state index in [0.29, 0.717) is 19.6 Å². The second-order valence-electron chi connectivity index (χ2n) is 17.7. The number of aliphatic imine (C=N–C) groups is 1. The molecular formula is C40H59N4O9PSi2+2. The third-order valence-corrected chi connectivity index (χ3v) is 22.3. The summed E-state index contributed by atoms with van der Waals surface area (Å²) in [5.74, 6) is -1.31. The Hall–Kier alpha value is -2.96. The second-order valence-corrected chi connectivity index (χ2v) is 27.6. The summed E-state index contributed by atoms with van der Waals surface area (Å²) in [6.45, 7) is 18.3. The summed E-state index contributed by atoms with van der Waals surface area (Å²) in [6, 6.07) is 21.4. The van der Waals surface area contributed by atoms with E-state index in [0.717, 1.165) is 52.9 Å². The quantitative estimate of drug-likeness (QED) is 0.0987. The number of hydrogen-bond acceptors (Lipinski definition) is 10. The first-order valence-corrected chi connectivity index (χ1v) is 25.6. The van der Waals surface area contributed by atoms with Gasteiger partial charge in [0.15, 0.2) is 20.6 Å². The van der Waals surface area contributed by atoms with Gasteiger partial charge in [-0.05, 0) is 46.4 Å². The molecule has 3 aliphatic rings. The lowest BCUT2D eigenvalue weighted by Crippen LogP contribution is -2.68. The van der Waals surface area contributed by atoms with Gasteiger partial charge in [-0.15, -0.1) is 0 Å². The first-order chi connectivity index (χ1) is 26.4. The molecule has 0 saturated carbocycles. The molecule has 13 nitrogen and oxygen atoms in total. The monoisotopic (exact) mass is 826 g/mol. The van der Waals surface area contributed by atoms with Gasteiger partial charge in [0.2, 0.25) is 5.84 Å². The minimum absolute atomic E-state index is 0.00559. The number of amidine groups is 1. The van der Waals surface area contributed by atoms with Crippen molar-refractivity contribution in [3.8, 4) is 0 Å². The van der Waals surface area contributed by atoms with Crippen LogP contribution in [-0.2, 0) is 27.3 Å². The molecule has 0 aliphatic carbocycles. The zero-order valence-corrected chi connectivity index (χ0v) is 36.9. The number of H-pyrrole nitrogens is 1. The molecule has 2 fully saturated rings. The van der Waals surface area contributed by atoms with E-state index in [4.69, 9.17) is 27.7 Å². The summed E-state index contributed by atoms with van der Waals surface area (Å²) in [5, 5.41) is 13.8. The van der Waals surface area contributed by atoms with Crippen LogP contribution in [0.4, 0.5) is 0 Å². The van der Waals surface area contributed by atoms with Crippen LogP contribution >= 0.6 is 8.25 Å². The Bertz CT molecular complexity index is 1960. The van der Waals surface area contributed by atoms with Crippen LogP contribution in [0.3, 0.4) is 0 Å². The van der Waals surface area contributed by atoms with Gasteiger partial charge in [0.1, 0.15) is 19.2 Å². The average Bonchev–Trinajstić information content (AvgIpc) is 3.24. The van der Waals surface area contributed by atoms with Crippen LogP contribution in [-0.4, -0.2) is 86.0 Å². The summed E-state index contributed by atoms with van der Waals surface area (Å²) in [5.41, 5.74) is -1.40. The van der Waals surface area contributed by atoms with Gasteiger partial charge in [-0.1, -0.05) is 111 Å². The highest BCUT2D eigenvalue weighted by Gasteiger charge is 2.69. The highest BCUT2D eigenvalue weighted by molar-refractivity contribution is 7.33. The topological polar surface area (TPSA) is 151 Å². The maximum atomic E-state index is 14.7. The maximum Gasteiger partial charge on any atom is 0.754 e. The van der Waals surface area contributed by atoms with E-state index >= 15 is 0 Å². The number of quaternary nitrogens is 1. The van der Waals surface area contributed by atoms with Gasteiger partial charge in [0.25, 0.3) is 19.7 Å². The van der Waals surface area contributed by atoms with Crippen molar-refractivity contribution in [1.29, 1.82) is 0 Å². The lowest BCUT2D eigenvalue weighted by molar-refractivity contribution is -1.01. The van der Waals surface area contributed by atoms with Gasteiger partial charge in [-0.3, -0.25) is 14.3 Å². The molecule has 0 spiro atoms. The van der Waals surface area contributed by atoms with E-state index in [2.05, 4.69) is 70.8 Å². The van der Waals surface area contributed by atoms with Crippen LogP contribution in [0, 0.1) is 0 Å². The summed E-state index contributed by atoms with van der Waals surface area (Å²) >= 11 is 0. The summed E-state index contributed by atoms with van der Waals surface area (Å²) < 4.78 is 50.1. The molecule has 0 radical (unpaired) electrons. The highest BCUT2D eigenvalue weighted by atomic mass is 31.1. The number of aromatic nitrogens is 2. The molecule has 6 atom stereocenters. The normalized spacial score (nSPS) is 26.6. The molecule has 0 bridgehead atoms. The number of benzene rings is 2. The highest BCUT2D eigenvalue weighted by Crippen LogP contribution is 2.52. The number of hydrogen-bond donors (Lipinski definition) is 2. The van der Waals surface area contributed by atoms with Gasteiger partial charge >= 0.3 is 13.9 Å². The fraction of sp³-hybridized carbons (Fsp3) is 0.575. The van der Waals surface area contributed by atoms with E-state index in [1.165, 1.54) is 12.3 Å². The van der Waals surface area contributed by atoms with E-state index in [1.807, 2.05) is 49.5 Å². The molecule has 304 valence electrons. The average molecular weight is 827 g/mol. The van der Waals surface area contributed by atoms with Gasteiger partial charge < -0.3 is 18.7 Å². The fourth-order valence-corrected chi connectivity index (χ4v) is 15.1. The minimum atomic E-state index is -3.22. The lowest BCUT2D eigenvalue weighted by atomic mass is 10.1. The fourth-order valence-electron chi connectivity index (χ4n) is 8.03. The molecule has 1 aromatic heterocycles. The maximum absolute atomic E-state index is 14.7. The van der Waals surface area contributed by atoms with Crippen molar-refractivity contribution in [3.05, 3.63) is 93.8 Å². The minimum Gasteiger partial charge on any atom is -0.405 e. The standard InChI is InChI=1S/C40H58N4O9PSi2/c1-38(2,3)55(7,8)52-40(51-54(48)53-44-27-17-11-16-23-33(44)41-25-18-28-44)32(50-36(35(40)46)43-26-24-34(45)42-37(43)47)29-49-56(39(4,5)6,30-19-12-9-13-20-30)31-21-14-10-15-22-31/h9-10,12-15,19-22,24,26,32,35-36,46H,11,16-18,23,25,27-29H2,1-8H3/q+1/p+1/t32-,35?,36-,40?,44?/m0/s1. The van der Waals surface area contributed by atoms with Gasteiger partial charge in [-0.2, -0.15) is 0 Å². The van der Waals surface area contributed by atoms with Crippen molar-refractivity contribution in [2.75, 3.05) is 26.2 Å². The third-order valence-electron chi connectivity index (χ3n) is 12.0. The molecular weight excluding hydrogens is 768 g/mol. The number of hydroxylamine groups is 3. The van der Waals surface area contributed by atoms with E-state index in [1.54, 1.807) is 0 Å². The second kappa shape index (κ2) is 16.4. The molecule has 56 heavy (non-hydrogen) atoms. The van der Waals surface area contributed by atoms with Gasteiger partial charge in [0.05, 0.1) is 17.8 Å². The molecule has 3 aliphatic heterocycles.